The fraction of sp³-hybridized carbons (Fsp3) is 0.417. The van der Waals surface area contributed by atoms with E-state index in [0.29, 0.717) is 18.4 Å². The second kappa shape index (κ2) is 6.25. The third-order valence-corrected chi connectivity index (χ3v) is 2.37. The molecule has 1 N–H and O–H groups in total. The zero-order valence-electron chi connectivity index (χ0n) is 9.47. The Bertz CT molecular complexity index is 349. The van der Waals surface area contributed by atoms with E-state index in [1.165, 1.54) is 14.2 Å². The van der Waals surface area contributed by atoms with Crippen LogP contribution >= 0.6 is 0 Å². The molecule has 0 bridgehead atoms. The predicted octanol–water partition coefficient (Wildman–Crippen LogP) is 1.43. The van der Waals surface area contributed by atoms with Gasteiger partial charge in [0.1, 0.15) is 0 Å². The molecule has 1 rings (SSSR count). The van der Waals surface area contributed by atoms with Crippen LogP contribution in [-0.2, 0) is 20.7 Å². The van der Waals surface area contributed by atoms with Gasteiger partial charge in [0, 0.05) is 19.1 Å². The SMILES string of the molecule is COC(=O)CCc1ccccc1C(O)OC. The average Bonchev–Trinajstić information content (AvgIpc) is 2.35. The molecule has 1 atom stereocenters. The average molecular weight is 224 g/mol. The van der Waals surface area contributed by atoms with E-state index in [9.17, 15) is 9.90 Å². The third kappa shape index (κ3) is 3.32. The summed E-state index contributed by atoms with van der Waals surface area (Å²) in [6, 6.07) is 7.32. The maximum atomic E-state index is 11.0. The third-order valence-electron chi connectivity index (χ3n) is 2.37. The quantitative estimate of drug-likeness (QED) is 0.607. The summed E-state index contributed by atoms with van der Waals surface area (Å²) in [5.74, 6) is -0.262. The number of aliphatic hydroxyl groups is 1. The molecule has 4 heteroatoms. The number of methoxy groups -OCH3 is 2. The van der Waals surface area contributed by atoms with Crippen LogP contribution in [0.25, 0.3) is 0 Å². The Balaban J connectivity index is 2.75. The van der Waals surface area contributed by atoms with Crippen LogP contribution in [0.5, 0.6) is 0 Å². The van der Waals surface area contributed by atoms with Crippen LogP contribution < -0.4 is 0 Å². The summed E-state index contributed by atoms with van der Waals surface area (Å²) < 4.78 is 9.42. The maximum Gasteiger partial charge on any atom is 0.305 e. The van der Waals surface area contributed by atoms with E-state index in [1.807, 2.05) is 18.2 Å². The Kier molecular flexibility index (Phi) is 4.95. The Morgan fingerprint density at radius 3 is 2.69 bits per heavy atom. The van der Waals surface area contributed by atoms with Gasteiger partial charge in [0.05, 0.1) is 7.11 Å². The standard InChI is InChI=1S/C12H16O4/c1-15-11(13)8-7-9-5-3-4-6-10(9)12(14)16-2/h3-6,12,14H,7-8H2,1-2H3. The molecule has 88 valence electrons. The highest BCUT2D eigenvalue weighted by Gasteiger charge is 2.11. The second-order valence-corrected chi connectivity index (χ2v) is 3.36. The molecule has 0 aliphatic carbocycles. The lowest BCUT2D eigenvalue weighted by Gasteiger charge is -2.13. The lowest BCUT2D eigenvalue weighted by atomic mass is 10.0. The van der Waals surface area contributed by atoms with Gasteiger partial charge in [-0.15, -0.1) is 0 Å². The Labute approximate surface area is 94.8 Å². The fourth-order valence-corrected chi connectivity index (χ4v) is 1.47. The summed E-state index contributed by atoms with van der Waals surface area (Å²) in [6.07, 6.45) is -0.124. The van der Waals surface area contributed by atoms with Gasteiger partial charge in [-0.2, -0.15) is 0 Å². The van der Waals surface area contributed by atoms with Crippen LogP contribution in [-0.4, -0.2) is 25.3 Å². The molecule has 0 fully saturated rings. The number of carbonyl (C=O) groups excluding carboxylic acids is 1. The van der Waals surface area contributed by atoms with Crippen molar-refractivity contribution in [2.24, 2.45) is 0 Å². The molecular weight excluding hydrogens is 208 g/mol. The molecule has 4 nitrogen and oxygen atoms in total. The van der Waals surface area contributed by atoms with E-state index in [2.05, 4.69) is 4.74 Å². The molecule has 0 aromatic heterocycles. The minimum atomic E-state index is -0.950. The van der Waals surface area contributed by atoms with E-state index < -0.39 is 6.29 Å². The summed E-state index contributed by atoms with van der Waals surface area (Å²) in [7, 11) is 2.79. The zero-order chi connectivity index (χ0) is 12.0. The molecule has 1 aromatic carbocycles. The van der Waals surface area contributed by atoms with Gasteiger partial charge in [0.2, 0.25) is 0 Å². The maximum absolute atomic E-state index is 11.0. The Morgan fingerprint density at radius 1 is 1.38 bits per heavy atom. The minimum Gasteiger partial charge on any atom is -0.469 e. The van der Waals surface area contributed by atoms with Crippen LogP contribution in [0.15, 0.2) is 24.3 Å². The number of carbonyl (C=O) groups is 1. The van der Waals surface area contributed by atoms with Crippen LogP contribution in [0.3, 0.4) is 0 Å². The van der Waals surface area contributed by atoms with Gasteiger partial charge in [0.25, 0.3) is 0 Å². The number of esters is 1. The number of benzene rings is 1. The molecule has 0 heterocycles. The van der Waals surface area contributed by atoms with Gasteiger partial charge < -0.3 is 14.6 Å². The Morgan fingerprint density at radius 2 is 2.06 bits per heavy atom. The lowest BCUT2D eigenvalue weighted by molar-refractivity contribution is -0.140. The summed E-state index contributed by atoms with van der Waals surface area (Å²) in [5.41, 5.74) is 1.58. The lowest BCUT2D eigenvalue weighted by Crippen LogP contribution is -2.07. The normalized spacial score (nSPS) is 12.2. The summed E-state index contributed by atoms with van der Waals surface area (Å²) >= 11 is 0. The Hall–Kier alpha value is -1.39. The number of aryl methyl sites for hydroxylation is 1. The van der Waals surface area contributed by atoms with E-state index in [1.54, 1.807) is 6.07 Å². The first kappa shape index (κ1) is 12.7. The number of aliphatic hydroxyl groups excluding tert-OH is 1. The van der Waals surface area contributed by atoms with Crippen molar-refractivity contribution in [3.8, 4) is 0 Å². The fourth-order valence-electron chi connectivity index (χ4n) is 1.47. The largest absolute Gasteiger partial charge is 0.469 e. The van der Waals surface area contributed by atoms with Gasteiger partial charge in [-0.25, -0.2) is 0 Å². The van der Waals surface area contributed by atoms with Gasteiger partial charge in [-0.05, 0) is 12.0 Å². The number of rotatable bonds is 5. The highest BCUT2D eigenvalue weighted by atomic mass is 16.6. The van der Waals surface area contributed by atoms with Gasteiger partial charge >= 0.3 is 5.97 Å². The first-order valence-electron chi connectivity index (χ1n) is 5.04. The summed E-state index contributed by atoms with van der Waals surface area (Å²) in [4.78, 5) is 11.0. The summed E-state index contributed by atoms with van der Waals surface area (Å²) in [6.45, 7) is 0. The molecule has 0 radical (unpaired) electrons. The van der Waals surface area contributed by atoms with Gasteiger partial charge in [-0.1, -0.05) is 24.3 Å². The van der Waals surface area contributed by atoms with E-state index in [4.69, 9.17) is 4.74 Å². The summed E-state index contributed by atoms with van der Waals surface area (Å²) in [5, 5.41) is 9.59. The molecule has 0 amide bonds. The van der Waals surface area contributed by atoms with Crippen LogP contribution in [0.1, 0.15) is 23.8 Å². The molecule has 1 unspecified atom stereocenters. The number of hydrogen-bond donors (Lipinski definition) is 1. The molecule has 0 saturated heterocycles. The van der Waals surface area contributed by atoms with Gasteiger partial charge in [0.15, 0.2) is 6.29 Å². The van der Waals surface area contributed by atoms with Crippen LogP contribution in [0.4, 0.5) is 0 Å². The first-order chi connectivity index (χ1) is 7.69. The highest BCUT2D eigenvalue weighted by molar-refractivity contribution is 5.69. The van der Waals surface area contributed by atoms with Crippen molar-refractivity contribution in [1.29, 1.82) is 0 Å². The van der Waals surface area contributed by atoms with Crippen molar-refractivity contribution in [3.05, 3.63) is 35.4 Å². The molecular formula is C12H16O4. The molecule has 16 heavy (non-hydrogen) atoms. The topological polar surface area (TPSA) is 55.8 Å². The smallest absolute Gasteiger partial charge is 0.305 e. The van der Waals surface area contributed by atoms with Crippen LogP contribution in [0.2, 0.25) is 0 Å². The van der Waals surface area contributed by atoms with Crippen molar-refractivity contribution < 1.29 is 19.4 Å². The highest BCUT2D eigenvalue weighted by Crippen LogP contribution is 2.19. The monoisotopic (exact) mass is 224 g/mol. The number of hydrogen-bond acceptors (Lipinski definition) is 4. The van der Waals surface area contributed by atoms with E-state index in [0.717, 1.165) is 5.56 Å². The van der Waals surface area contributed by atoms with Crippen molar-refractivity contribution in [1.82, 2.24) is 0 Å². The van der Waals surface area contributed by atoms with Crippen molar-refractivity contribution in [3.63, 3.8) is 0 Å². The van der Waals surface area contributed by atoms with Crippen molar-refractivity contribution >= 4 is 5.97 Å². The molecule has 0 aliphatic rings. The molecule has 1 aromatic rings. The van der Waals surface area contributed by atoms with Crippen LogP contribution in [0, 0.1) is 0 Å². The van der Waals surface area contributed by atoms with E-state index >= 15 is 0 Å². The van der Waals surface area contributed by atoms with Crippen molar-refractivity contribution in [2.75, 3.05) is 14.2 Å². The second-order valence-electron chi connectivity index (χ2n) is 3.36. The predicted molar refractivity (Wildman–Crippen MR) is 58.7 cm³/mol. The van der Waals surface area contributed by atoms with E-state index in [-0.39, 0.29) is 5.97 Å². The number of ether oxygens (including phenoxy) is 2. The molecule has 0 saturated carbocycles. The van der Waals surface area contributed by atoms with Gasteiger partial charge in [-0.3, -0.25) is 4.79 Å². The minimum absolute atomic E-state index is 0.262. The first-order valence-corrected chi connectivity index (χ1v) is 5.04. The molecule has 0 spiro atoms. The van der Waals surface area contributed by atoms with Crippen molar-refractivity contribution in [2.45, 2.75) is 19.1 Å². The molecule has 0 aliphatic heterocycles. The zero-order valence-corrected chi connectivity index (χ0v) is 9.47.